The summed E-state index contributed by atoms with van der Waals surface area (Å²) in [6.07, 6.45) is 0. The maximum absolute atomic E-state index is 11.6. The summed E-state index contributed by atoms with van der Waals surface area (Å²) in [4.78, 5) is 13.2. The van der Waals surface area contributed by atoms with Gasteiger partial charge in [0.15, 0.2) is 0 Å². The van der Waals surface area contributed by atoms with E-state index in [1.165, 1.54) is 0 Å². The van der Waals surface area contributed by atoms with E-state index in [4.69, 9.17) is 9.84 Å². The summed E-state index contributed by atoms with van der Waals surface area (Å²) in [5.41, 5.74) is 1.05. The first-order valence-corrected chi connectivity index (χ1v) is 5.78. The molecule has 0 aliphatic heterocycles. The molecule has 0 spiro atoms. The van der Waals surface area contributed by atoms with Crippen molar-refractivity contribution < 1.29 is 14.6 Å². The van der Waals surface area contributed by atoms with Gasteiger partial charge in [0.1, 0.15) is 6.61 Å². The van der Waals surface area contributed by atoms with E-state index < -0.39 is 0 Å². The predicted octanol–water partition coefficient (Wildman–Crippen LogP) is 1.04. The van der Waals surface area contributed by atoms with Gasteiger partial charge in [0.25, 0.3) is 0 Å². The first kappa shape index (κ1) is 13.7. The van der Waals surface area contributed by atoms with Gasteiger partial charge < -0.3 is 14.7 Å². The molecule has 4 nitrogen and oxygen atoms in total. The van der Waals surface area contributed by atoms with Gasteiger partial charge in [-0.25, -0.2) is 0 Å². The second kappa shape index (κ2) is 7.81. The number of amides is 1. The Bertz CT molecular complexity index is 327. The monoisotopic (exact) mass is 237 g/mol. The maximum Gasteiger partial charge on any atom is 0.248 e. The van der Waals surface area contributed by atoms with Crippen molar-refractivity contribution >= 4 is 5.91 Å². The van der Waals surface area contributed by atoms with E-state index in [2.05, 4.69) is 0 Å². The predicted molar refractivity (Wildman–Crippen MR) is 65.4 cm³/mol. The normalized spacial score (nSPS) is 10.2. The first-order chi connectivity index (χ1) is 8.27. The van der Waals surface area contributed by atoms with Crippen molar-refractivity contribution in [2.75, 3.05) is 26.3 Å². The van der Waals surface area contributed by atoms with Crippen LogP contribution in [0.4, 0.5) is 0 Å². The number of hydrogen-bond donors (Lipinski definition) is 1. The quantitative estimate of drug-likeness (QED) is 0.771. The summed E-state index contributed by atoms with van der Waals surface area (Å²) in [6.45, 7) is 3.31. The average molecular weight is 237 g/mol. The van der Waals surface area contributed by atoms with Crippen LogP contribution in [-0.4, -0.2) is 42.2 Å². The van der Waals surface area contributed by atoms with Gasteiger partial charge in [-0.2, -0.15) is 0 Å². The number of carbonyl (C=O) groups excluding carboxylic acids is 1. The van der Waals surface area contributed by atoms with Crippen LogP contribution in [0.1, 0.15) is 12.5 Å². The minimum Gasteiger partial charge on any atom is -0.395 e. The number of rotatable bonds is 7. The van der Waals surface area contributed by atoms with Gasteiger partial charge in [0.05, 0.1) is 13.2 Å². The highest BCUT2D eigenvalue weighted by molar-refractivity contribution is 5.77. The number of aliphatic hydroxyl groups is 1. The fourth-order valence-electron chi connectivity index (χ4n) is 1.50. The van der Waals surface area contributed by atoms with Crippen molar-refractivity contribution in [1.29, 1.82) is 0 Å². The van der Waals surface area contributed by atoms with Crippen molar-refractivity contribution in [3.63, 3.8) is 0 Å². The summed E-state index contributed by atoms with van der Waals surface area (Å²) in [5.74, 6) is -0.0857. The summed E-state index contributed by atoms with van der Waals surface area (Å²) < 4.78 is 5.34. The SMILES string of the molecule is CCN(CCO)C(=O)COCc1ccccc1. The molecule has 0 aromatic heterocycles. The molecule has 0 fully saturated rings. The van der Waals surface area contributed by atoms with Crippen LogP contribution in [0.3, 0.4) is 0 Å². The maximum atomic E-state index is 11.6. The van der Waals surface area contributed by atoms with Gasteiger partial charge in [-0.15, -0.1) is 0 Å². The van der Waals surface area contributed by atoms with Crippen LogP contribution >= 0.6 is 0 Å². The van der Waals surface area contributed by atoms with Crippen LogP contribution < -0.4 is 0 Å². The standard InChI is InChI=1S/C13H19NO3/c1-2-14(8-9-15)13(16)11-17-10-12-6-4-3-5-7-12/h3-7,15H,2,8-11H2,1H3. The van der Waals surface area contributed by atoms with E-state index >= 15 is 0 Å². The highest BCUT2D eigenvalue weighted by Gasteiger charge is 2.10. The van der Waals surface area contributed by atoms with Crippen LogP contribution in [0.2, 0.25) is 0 Å². The molecule has 0 atom stereocenters. The molecule has 94 valence electrons. The third kappa shape index (κ3) is 4.97. The van der Waals surface area contributed by atoms with Crippen LogP contribution in [-0.2, 0) is 16.1 Å². The van der Waals surface area contributed by atoms with Crippen LogP contribution in [0, 0.1) is 0 Å². The molecule has 17 heavy (non-hydrogen) atoms. The van der Waals surface area contributed by atoms with Gasteiger partial charge >= 0.3 is 0 Å². The third-order valence-electron chi connectivity index (χ3n) is 2.44. The molecule has 1 rings (SSSR count). The molecule has 0 unspecified atom stereocenters. The molecular weight excluding hydrogens is 218 g/mol. The van der Waals surface area contributed by atoms with E-state index in [9.17, 15) is 4.79 Å². The van der Waals surface area contributed by atoms with Crippen molar-refractivity contribution in [2.24, 2.45) is 0 Å². The summed E-state index contributed by atoms with van der Waals surface area (Å²) in [7, 11) is 0. The van der Waals surface area contributed by atoms with E-state index in [-0.39, 0.29) is 19.1 Å². The minimum absolute atomic E-state index is 0.0156. The second-order valence-corrected chi connectivity index (χ2v) is 3.68. The molecule has 0 saturated heterocycles. The Morgan fingerprint density at radius 2 is 2.06 bits per heavy atom. The molecule has 1 aromatic carbocycles. The van der Waals surface area contributed by atoms with Crippen molar-refractivity contribution in [1.82, 2.24) is 4.90 Å². The molecular formula is C13H19NO3. The fourth-order valence-corrected chi connectivity index (χ4v) is 1.50. The average Bonchev–Trinajstić information content (AvgIpc) is 2.37. The molecule has 4 heteroatoms. The third-order valence-corrected chi connectivity index (χ3v) is 2.44. The van der Waals surface area contributed by atoms with Crippen LogP contribution in [0.25, 0.3) is 0 Å². The molecule has 1 amide bonds. The smallest absolute Gasteiger partial charge is 0.248 e. The second-order valence-electron chi connectivity index (χ2n) is 3.68. The fraction of sp³-hybridized carbons (Fsp3) is 0.462. The Kier molecular flexibility index (Phi) is 6.29. The van der Waals surface area contributed by atoms with E-state index in [0.717, 1.165) is 5.56 Å². The van der Waals surface area contributed by atoms with Gasteiger partial charge in [-0.05, 0) is 12.5 Å². The lowest BCUT2D eigenvalue weighted by molar-refractivity contribution is -0.136. The molecule has 0 heterocycles. The zero-order valence-electron chi connectivity index (χ0n) is 10.1. The molecule has 0 radical (unpaired) electrons. The number of carbonyl (C=O) groups is 1. The highest BCUT2D eigenvalue weighted by Crippen LogP contribution is 2.00. The summed E-state index contributed by atoms with van der Waals surface area (Å²) in [5, 5.41) is 8.79. The minimum atomic E-state index is -0.0857. The van der Waals surface area contributed by atoms with Crippen molar-refractivity contribution in [2.45, 2.75) is 13.5 Å². The first-order valence-electron chi connectivity index (χ1n) is 5.78. The van der Waals surface area contributed by atoms with Crippen LogP contribution in [0.5, 0.6) is 0 Å². The van der Waals surface area contributed by atoms with Crippen molar-refractivity contribution in [3.8, 4) is 0 Å². The van der Waals surface area contributed by atoms with Gasteiger partial charge in [0.2, 0.25) is 5.91 Å². The lowest BCUT2D eigenvalue weighted by atomic mass is 10.2. The van der Waals surface area contributed by atoms with Crippen LogP contribution in [0.15, 0.2) is 30.3 Å². The molecule has 0 aliphatic rings. The Labute approximate surface area is 102 Å². The van der Waals surface area contributed by atoms with E-state index in [1.807, 2.05) is 37.3 Å². The van der Waals surface area contributed by atoms with Gasteiger partial charge in [-0.1, -0.05) is 30.3 Å². The number of likely N-dealkylation sites (N-methyl/N-ethyl adjacent to an activating group) is 1. The number of nitrogens with zero attached hydrogens (tertiary/aromatic N) is 1. The topological polar surface area (TPSA) is 49.8 Å². The lowest BCUT2D eigenvalue weighted by Gasteiger charge is -2.19. The molecule has 0 saturated carbocycles. The largest absolute Gasteiger partial charge is 0.395 e. The Hall–Kier alpha value is -1.39. The zero-order valence-corrected chi connectivity index (χ0v) is 10.1. The van der Waals surface area contributed by atoms with Crippen molar-refractivity contribution in [3.05, 3.63) is 35.9 Å². The summed E-state index contributed by atoms with van der Waals surface area (Å²) >= 11 is 0. The lowest BCUT2D eigenvalue weighted by Crippen LogP contribution is -2.35. The molecule has 0 bridgehead atoms. The number of aliphatic hydroxyl groups excluding tert-OH is 1. The van der Waals surface area contributed by atoms with Gasteiger partial charge in [0, 0.05) is 13.1 Å². The molecule has 1 N–H and O–H groups in total. The number of hydrogen-bond acceptors (Lipinski definition) is 3. The van der Waals surface area contributed by atoms with Gasteiger partial charge in [-0.3, -0.25) is 4.79 Å². The molecule has 0 aliphatic carbocycles. The zero-order chi connectivity index (χ0) is 12.5. The Balaban J connectivity index is 2.28. The number of benzene rings is 1. The molecule has 1 aromatic rings. The highest BCUT2D eigenvalue weighted by atomic mass is 16.5. The number of ether oxygens (including phenoxy) is 1. The van der Waals surface area contributed by atoms with E-state index in [0.29, 0.717) is 19.7 Å². The van der Waals surface area contributed by atoms with E-state index in [1.54, 1.807) is 4.90 Å². The Morgan fingerprint density at radius 3 is 2.65 bits per heavy atom. The summed E-state index contributed by atoms with van der Waals surface area (Å²) in [6, 6.07) is 9.72. The Morgan fingerprint density at radius 1 is 1.35 bits per heavy atom.